The van der Waals surface area contributed by atoms with E-state index >= 15 is 0 Å². The molecule has 0 atom stereocenters. The van der Waals surface area contributed by atoms with Crippen molar-refractivity contribution in [3.8, 4) is 0 Å². The molecular weight excluding hydrogens is 302 g/mol. The van der Waals surface area contributed by atoms with E-state index in [1.54, 1.807) is 0 Å². The van der Waals surface area contributed by atoms with Gasteiger partial charge >= 0.3 is 0 Å². The van der Waals surface area contributed by atoms with E-state index in [-0.39, 0.29) is 5.91 Å². The molecule has 0 unspecified atom stereocenters. The molecule has 1 heterocycles. The van der Waals surface area contributed by atoms with Gasteiger partial charge in [-0.1, -0.05) is 0 Å². The van der Waals surface area contributed by atoms with Gasteiger partial charge in [-0.05, 0) is 56.9 Å². The van der Waals surface area contributed by atoms with Gasteiger partial charge < -0.3 is 16.0 Å². The van der Waals surface area contributed by atoms with Crippen molar-refractivity contribution in [2.75, 3.05) is 22.5 Å². The number of rotatable bonds is 7. The highest BCUT2D eigenvalue weighted by atomic mass is 16.1. The van der Waals surface area contributed by atoms with Crippen LogP contribution in [0, 0.1) is 12.8 Å². The predicted octanol–water partition coefficient (Wildman–Crippen LogP) is 3.70. The number of carbonyl (C=O) groups excluding carboxylic acids is 1. The zero-order chi connectivity index (χ0) is 16.9. The van der Waals surface area contributed by atoms with Gasteiger partial charge in [-0.15, -0.1) is 0 Å². The average molecular weight is 325 g/mol. The number of aromatic nitrogens is 2. The molecule has 0 aliphatic heterocycles. The molecule has 1 aromatic heterocycles. The third-order valence-corrected chi connectivity index (χ3v) is 3.80. The first-order valence-electron chi connectivity index (χ1n) is 8.39. The summed E-state index contributed by atoms with van der Waals surface area (Å²) in [4.78, 5) is 20.6. The average Bonchev–Trinajstić information content (AvgIpc) is 3.33. The van der Waals surface area contributed by atoms with Gasteiger partial charge in [0.05, 0.1) is 0 Å². The van der Waals surface area contributed by atoms with E-state index < -0.39 is 0 Å². The van der Waals surface area contributed by atoms with Crippen LogP contribution in [0.5, 0.6) is 0 Å². The van der Waals surface area contributed by atoms with E-state index in [2.05, 4.69) is 25.9 Å². The molecule has 3 N–H and O–H groups in total. The van der Waals surface area contributed by atoms with Crippen molar-refractivity contribution in [1.82, 2.24) is 9.97 Å². The highest BCUT2D eigenvalue weighted by Gasteiger charge is 2.24. The molecule has 1 aliphatic rings. The zero-order valence-corrected chi connectivity index (χ0v) is 14.1. The molecule has 0 bridgehead atoms. The summed E-state index contributed by atoms with van der Waals surface area (Å²) in [5, 5.41) is 9.32. The van der Waals surface area contributed by atoms with Gasteiger partial charge in [-0.3, -0.25) is 4.79 Å². The van der Waals surface area contributed by atoms with Crippen molar-refractivity contribution in [3.63, 3.8) is 0 Å². The molecule has 3 rings (SSSR count). The Balaban J connectivity index is 1.62. The van der Waals surface area contributed by atoms with Gasteiger partial charge in [-0.25, -0.2) is 4.98 Å². The number of hydrogen-bond donors (Lipinski definition) is 3. The highest BCUT2D eigenvalue weighted by Crippen LogP contribution is 2.32. The van der Waals surface area contributed by atoms with E-state index in [1.807, 2.05) is 44.2 Å². The maximum Gasteiger partial charge on any atom is 0.224 e. The van der Waals surface area contributed by atoms with E-state index in [0.29, 0.717) is 18.3 Å². The summed E-state index contributed by atoms with van der Waals surface area (Å²) < 4.78 is 0. The topological polar surface area (TPSA) is 78.9 Å². The van der Waals surface area contributed by atoms with Gasteiger partial charge in [0.15, 0.2) is 0 Å². The van der Waals surface area contributed by atoms with Crippen LogP contribution >= 0.6 is 0 Å². The van der Waals surface area contributed by atoms with Gasteiger partial charge in [0.2, 0.25) is 11.9 Å². The Bertz CT molecular complexity index is 710. The van der Waals surface area contributed by atoms with E-state index in [4.69, 9.17) is 0 Å². The van der Waals surface area contributed by atoms with Gasteiger partial charge in [0.1, 0.15) is 5.82 Å². The predicted molar refractivity (Wildman–Crippen MR) is 96.6 cm³/mol. The normalized spacial score (nSPS) is 13.4. The Kier molecular flexibility index (Phi) is 4.93. The highest BCUT2D eigenvalue weighted by molar-refractivity contribution is 5.91. The fourth-order valence-corrected chi connectivity index (χ4v) is 2.45. The molecular formula is C18H23N5O. The van der Waals surface area contributed by atoms with Crippen LogP contribution in [0.4, 0.5) is 23.1 Å². The second kappa shape index (κ2) is 7.29. The number of carbonyl (C=O) groups is 1. The second-order valence-electron chi connectivity index (χ2n) is 6.15. The zero-order valence-electron chi connectivity index (χ0n) is 14.1. The lowest BCUT2D eigenvalue weighted by Gasteiger charge is -2.10. The molecule has 126 valence electrons. The maximum atomic E-state index is 11.8. The quantitative estimate of drug-likeness (QED) is 0.723. The molecule has 6 nitrogen and oxygen atoms in total. The third-order valence-electron chi connectivity index (χ3n) is 3.80. The summed E-state index contributed by atoms with van der Waals surface area (Å²) in [7, 11) is 0. The molecule has 0 spiro atoms. The van der Waals surface area contributed by atoms with Crippen molar-refractivity contribution < 1.29 is 4.79 Å². The van der Waals surface area contributed by atoms with Crippen molar-refractivity contribution in [2.45, 2.75) is 33.1 Å². The Morgan fingerprint density at radius 2 is 1.88 bits per heavy atom. The first-order chi connectivity index (χ1) is 11.6. The summed E-state index contributed by atoms with van der Waals surface area (Å²) in [5.41, 5.74) is 2.63. The third kappa shape index (κ3) is 4.68. The minimum atomic E-state index is 0.0971. The SMILES string of the molecule is CCNc1nc(C)cc(Nc2ccc(NC(=O)CC3CC3)cc2)n1. The smallest absolute Gasteiger partial charge is 0.224 e. The number of hydrogen-bond acceptors (Lipinski definition) is 5. The maximum absolute atomic E-state index is 11.8. The van der Waals surface area contributed by atoms with Crippen LogP contribution in [0.2, 0.25) is 0 Å². The van der Waals surface area contributed by atoms with Crippen LogP contribution in [0.1, 0.15) is 31.9 Å². The molecule has 1 aromatic carbocycles. The Morgan fingerprint density at radius 1 is 1.17 bits per heavy atom. The number of nitrogens with zero attached hydrogens (tertiary/aromatic N) is 2. The lowest BCUT2D eigenvalue weighted by molar-refractivity contribution is -0.116. The molecule has 24 heavy (non-hydrogen) atoms. The molecule has 1 fully saturated rings. The van der Waals surface area contributed by atoms with E-state index in [9.17, 15) is 4.79 Å². The van der Waals surface area contributed by atoms with E-state index in [1.165, 1.54) is 12.8 Å². The summed E-state index contributed by atoms with van der Waals surface area (Å²) in [6.07, 6.45) is 3.00. The minimum absolute atomic E-state index is 0.0971. The molecule has 1 aliphatic carbocycles. The summed E-state index contributed by atoms with van der Waals surface area (Å²) in [6.45, 7) is 4.72. The van der Waals surface area contributed by atoms with Gasteiger partial charge in [0, 0.05) is 36.1 Å². The first kappa shape index (κ1) is 16.2. The largest absolute Gasteiger partial charge is 0.354 e. The summed E-state index contributed by atoms with van der Waals surface area (Å²) >= 11 is 0. The van der Waals surface area contributed by atoms with Gasteiger partial charge in [0.25, 0.3) is 0 Å². The minimum Gasteiger partial charge on any atom is -0.354 e. The lowest BCUT2D eigenvalue weighted by atomic mass is 10.2. The monoisotopic (exact) mass is 325 g/mol. The molecule has 1 amide bonds. The first-order valence-corrected chi connectivity index (χ1v) is 8.39. The van der Waals surface area contributed by atoms with Crippen LogP contribution in [0.25, 0.3) is 0 Å². The van der Waals surface area contributed by atoms with Crippen LogP contribution in [0.15, 0.2) is 30.3 Å². The van der Waals surface area contributed by atoms with Crippen molar-refractivity contribution in [1.29, 1.82) is 0 Å². The Morgan fingerprint density at radius 3 is 2.54 bits per heavy atom. The lowest BCUT2D eigenvalue weighted by Crippen LogP contribution is -2.11. The number of benzene rings is 1. The molecule has 6 heteroatoms. The molecule has 1 saturated carbocycles. The second-order valence-corrected chi connectivity index (χ2v) is 6.15. The summed E-state index contributed by atoms with van der Waals surface area (Å²) in [6, 6.07) is 9.54. The standard InChI is InChI=1S/C18H23N5O/c1-3-19-18-20-12(2)10-16(23-18)21-14-6-8-15(9-7-14)22-17(24)11-13-4-5-13/h6-10,13H,3-5,11H2,1-2H3,(H,22,24)(H2,19,20,21,23). The molecule has 0 radical (unpaired) electrons. The molecule has 2 aromatic rings. The van der Waals surface area contributed by atoms with Crippen LogP contribution < -0.4 is 16.0 Å². The van der Waals surface area contributed by atoms with Crippen molar-refractivity contribution in [2.24, 2.45) is 5.92 Å². The van der Waals surface area contributed by atoms with E-state index in [0.717, 1.165) is 29.4 Å². The fraction of sp³-hybridized carbons (Fsp3) is 0.389. The number of aryl methyl sites for hydroxylation is 1. The van der Waals surface area contributed by atoms with Crippen molar-refractivity contribution in [3.05, 3.63) is 36.0 Å². The fourth-order valence-electron chi connectivity index (χ4n) is 2.45. The van der Waals surface area contributed by atoms with Crippen LogP contribution in [0.3, 0.4) is 0 Å². The van der Waals surface area contributed by atoms with Crippen molar-refractivity contribution >= 4 is 29.0 Å². The molecule has 0 saturated heterocycles. The Labute approximate surface area is 142 Å². The van der Waals surface area contributed by atoms with Crippen LogP contribution in [-0.4, -0.2) is 22.4 Å². The van der Waals surface area contributed by atoms with Gasteiger partial charge in [-0.2, -0.15) is 4.98 Å². The number of amides is 1. The van der Waals surface area contributed by atoms with Crippen LogP contribution in [-0.2, 0) is 4.79 Å². The number of anilines is 4. The Hall–Kier alpha value is -2.63. The summed E-state index contributed by atoms with van der Waals surface area (Å²) in [5.74, 6) is 2.05. The number of nitrogens with one attached hydrogen (secondary N) is 3.